The maximum absolute atomic E-state index is 12.6. The van der Waals surface area contributed by atoms with E-state index in [0.29, 0.717) is 17.4 Å². The molecule has 6 nitrogen and oxygen atoms in total. The highest BCUT2D eigenvalue weighted by Crippen LogP contribution is 2.21. The number of ether oxygens (including phenoxy) is 1. The Kier molecular flexibility index (Phi) is 6.47. The summed E-state index contributed by atoms with van der Waals surface area (Å²) in [4.78, 5) is 14.2. The molecule has 1 N–H and O–H groups in total. The van der Waals surface area contributed by atoms with Gasteiger partial charge >= 0.3 is 0 Å². The fraction of sp³-hybridized carbons (Fsp3) is 0.409. The van der Waals surface area contributed by atoms with E-state index >= 15 is 0 Å². The van der Waals surface area contributed by atoms with Crippen LogP contribution in [-0.2, 0) is 14.8 Å². The second-order valence-corrected chi connectivity index (χ2v) is 9.49. The maximum atomic E-state index is 12.6. The summed E-state index contributed by atoms with van der Waals surface area (Å²) >= 11 is 0. The number of aryl methyl sites for hydroxylation is 2. The van der Waals surface area contributed by atoms with Gasteiger partial charge < -0.3 is 9.64 Å². The van der Waals surface area contributed by atoms with Crippen LogP contribution in [0.4, 0.5) is 5.69 Å². The summed E-state index contributed by atoms with van der Waals surface area (Å²) in [5, 5.41) is 0. The average molecular weight is 417 g/mol. The lowest BCUT2D eigenvalue weighted by atomic mass is 9.99. The maximum Gasteiger partial charge on any atom is 0.261 e. The molecule has 1 saturated heterocycles. The molecular formula is C22H28N2O4S. The first-order valence-corrected chi connectivity index (χ1v) is 11.3. The quantitative estimate of drug-likeness (QED) is 0.778. The lowest BCUT2D eigenvalue weighted by molar-refractivity contribution is -0.134. The molecule has 7 heteroatoms. The van der Waals surface area contributed by atoms with Crippen LogP contribution >= 0.6 is 0 Å². The lowest BCUT2D eigenvalue weighted by Gasteiger charge is -2.30. The van der Waals surface area contributed by atoms with Crippen molar-refractivity contribution in [2.45, 2.75) is 38.5 Å². The van der Waals surface area contributed by atoms with Crippen molar-refractivity contribution < 1.29 is 17.9 Å². The summed E-state index contributed by atoms with van der Waals surface area (Å²) in [6, 6.07) is 11.7. The minimum Gasteiger partial charge on any atom is -0.484 e. The predicted molar refractivity (Wildman–Crippen MR) is 114 cm³/mol. The van der Waals surface area contributed by atoms with Gasteiger partial charge in [-0.1, -0.05) is 13.0 Å². The Bertz CT molecular complexity index is 943. The molecular weight excluding hydrogens is 388 g/mol. The highest BCUT2D eigenvalue weighted by molar-refractivity contribution is 7.92. The molecule has 1 aliphatic heterocycles. The second kappa shape index (κ2) is 8.86. The number of hydrogen-bond donors (Lipinski definition) is 1. The van der Waals surface area contributed by atoms with Gasteiger partial charge in [0.15, 0.2) is 6.61 Å². The van der Waals surface area contributed by atoms with Gasteiger partial charge in [0.25, 0.3) is 15.9 Å². The molecule has 0 spiro atoms. The SMILES string of the molecule is Cc1cc(C)cc(NS(=O)(=O)c2ccc(OCC(=O)N3CCC(C)CC3)cc2)c1. The lowest BCUT2D eigenvalue weighted by Crippen LogP contribution is -2.40. The van der Waals surface area contributed by atoms with Crippen LogP contribution in [0.3, 0.4) is 0 Å². The van der Waals surface area contributed by atoms with E-state index in [-0.39, 0.29) is 17.4 Å². The van der Waals surface area contributed by atoms with Crippen LogP contribution in [0, 0.1) is 19.8 Å². The number of hydrogen-bond acceptors (Lipinski definition) is 4. The molecule has 1 amide bonds. The highest BCUT2D eigenvalue weighted by Gasteiger charge is 2.20. The fourth-order valence-corrected chi connectivity index (χ4v) is 4.50. The third kappa shape index (κ3) is 5.73. The summed E-state index contributed by atoms with van der Waals surface area (Å²) in [6.45, 7) is 7.53. The minimum absolute atomic E-state index is 0.0370. The van der Waals surface area contributed by atoms with Crippen molar-refractivity contribution in [1.82, 2.24) is 4.90 Å². The van der Waals surface area contributed by atoms with Crippen molar-refractivity contribution in [3.8, 4) is 5.75 Å². The van der Waals surface area contributed by atoms with E-state index in [0.717, 1.165) is 37.1 Å². The normalized spacial score (nSPS) is 15.2. The Morgan fingerprint density at radius 2 is 1.66 bits per heavy atom. The zero-order chi connectivity index (χ0) is 21.0. The number of carbonyl (C=O) groups is 1. The van der Waals surface area contributed by atoms with Gasteiger partial charge in [-0.2, -0.15) is 0 Å². The number of likely N-dealkylation sites (tertiary alicyclic amines) is 1. The van der Waals surface area contributed by atoms with Gasteiger partial charge in [-0.15, -0.1) is 0 Å². The Labute approximate surface area is 172 Å². The van der Waals surface area contributed by atoms with Crippen molar-refractivity contribution in [2.75, 3.05) is 24.4 Å². The smallest absolute Gasteiger partial charge is 0.261 e. The third-order valence-corrected chi connectivity index (χ3v) is 6.50. The first kappa shape index (κ1) is 21.2. The van der Waals surface area contributed by atoms with Gasteiger partial charge in [0.05, 0.1) is 4.90 Å². The minimum atomic E-state index is -3.70. The Balaban J connectivity index is 1.59. The molecule has 0 saturated carbocycles. The van der Waals surface area contributed by atoms with E-state index < -0.39 is 10.0 Å². The summed E-state index contributed by atoms with van der Waals surface area (Å²) in [5.41, 5.74) is 2.50. The van der Waals surface area contributed by atoms with Crippen molar-refractivity contribution in [3.63, 3.8) is 0 Å². The molecule has 29 heavy (non-hydrogen) atoms. The van der Waals surface area contributed by atoms with E-state index in [1.807, 2.05) is 24.8 Å². The summed E-state index contributed by atoms with van der Waals surface area (Å²) in [5.74, 6) is 1.09. The number of nitrogens with one attached hydrogen (secondary N) is 1. The number of rotatable bonds is 6. The van der Waals surface area contributed by atoms with Gasteiger partial charge in [-0.05, 0) is 80.1 Å². The Morgan fingerprint density at radius 1 is 1.07 bits per heavy atom. The third-order valence-electron chi connectivity index (χ3n) is 5.11. The Morgan fingerprint density at radius 3 is 2.24 bits per heavy atom. The van der Waals surface area contributed by atoms with E-state index in [1.54, 1.807) is 24.3 Å². The number of nitrogens with zero attached hydrogens (tertiary/aromatic N) is 1. The molecule has 0 radical (unpaired) electrons. The van der Waals surface area contributed by atoms with Crippen LogP contribution < -0.4 is 9.46 Å². The van der Waals surface area contributed by atoms with E-state index in [9.17, 15) is 13.2 Å². The fourth-order valence-electron chi connectivity index (χ4n) is 3.46. The summed E-state index contributed by atoms with van der Waals surface area (Å²) in [6.07, 6.45) is 2.04. The van der Waals surface area contributed by atoms with Gasteiger partial charge in [0.2, 0.25) is 0 Å². The molecule has 3 rings (SSSR count). The van der Waals surface area contributed by atoms with Gasteiger partial charge in [-0.3, -0.25) is 9.52 Å². The monoisotopic (exact) mass is 416 g/mol. The van der Waals surface area contributed by atoms with Crippen LogP contribution in [0.15, 0.2) is 47.4 Å². The van der Waals surface area contributed by atoms with Crippen molar-refractivity contribution in [2.24, 2.45) is 5.92 Å². The molecule has 156 valence electrons. The number of anilines is 1. The first-order chi connectivity index (χ1) is 13.7. The topological polar surface area (TPSA) is 75.7 Å². The molecule has 1 aliphatic rings. The van der Waals surface area contributed by atoms with Gasteiger partial charge in [0.1, 0.15) is 5.75 Å². The van der Waals surface area contributed by atoms with E-state index in [4.69, 9.17) is 4.74 Å². The summed E-state index contributed by atoms with van der Waals surface area (Å²) < 4.78 is 33.4. The number of benzene rings is 2. The van der Waals surface area contributed by atoms with Gasteiger partial charge in [0, 0.05) is 18.8 Å². The van der Waals surface area contributed by atoms with Crippen LogP contribution in [0.5, 0.6) is 5.75 Å². The van der Waals surface area contributed by atoms with Crippen molar-refractivity contribution in [3.05, 3.63) is 53.6 Å². The first-order valence-electron chi connectivity index (χ1n) is 9.85. The number of amides is 1. The molecule has 1 fully saturated rings. The van der Waals surface area contributed by atoms with E-state index in [1.165, 1.54) is 12.1 Å². The molecule has 0 aliphatic carbocycles. The zero-order valence-corrected chi connectivity index (χ0v) is 18.0. The van der Waals surface area contributed by atoms with Crippen LogP contribution in [0.1, 0.15) is 30.9 Å². The van der Waals surface area contributed by atoms with Crippen molar-refractivity contribution in [1.29, 1.82) is 0 Å². The molecule has 0 bridgehead atoms. The number of piperidine rings is 1. The predicted octanol–water partition coefficient (Wildman–Crippen LogP) is 3.74. The van der Waals surface area contributed by atoms with E-state index in [2.05, 4.69) is 11.6 Å². The largest absolute Gasteiger partial charge is 0.484 e. The molecule has 0 aromatic heterocycles. The summed E-state index contributed by atoms with van der Waals surface area (Å²) in [7, 11) is -3.70. The average Bonchev–Trinajstić information content (AvgIpc) is 2.66. The zero-order valence-electron chi connectivity index (χ0n) is 17.1. The standard InChI is InChI=1S/C22H28N2O4S/c1-16-8-10-24(11-9-16)22(25)15-28-20-4-6-21(7-5-20)29(26,27)23-19-13-17(2)12-18(3)14-19/h4-7,12-14,16,23H,8-11,15H2,1-3H3. The molecule has 1 heterocycles. The highest BCUT2D eigenvalue weighted by atomic mass is 32.2. The number of sulfonamides is 1. The Hall–Kier alpha value is -2.54. The number of carbonyl (C=O) groups excluding carboxylic acids is 1. The molecule has 2 aromatic rings. The van der Waals surface area contributed by atoms with Crippen LogP contribution in [-0.4, -0.2) is 38.9 Å². The van der Waals surface area contributed by atoms with Crippen LogP contribution in [0.25, 0.3) is 0 Å². The molecule has 2 aromatic carbocycles. The molecule has 0 unspecified atom stereocenters. The second-order valence-electron chi connectivity index (χ2n) is 7.81. The van der Waals surface area contributed by atoms with Gasteiger partial charge in [-0.25, -0.2) is 8.42 Å². The molecule has 0 atom stereocenters. The van der Waals surface area contributed by atoms with Crippen LogP contribution in [0.2, 0.25) is 0 Å². The van der Waals surface area contributed by atoms with Crippen molar-refractivity contribution >= 4 is 21.6 Å².